The van der Waals surface area contributed by atoms with Crippen LogP contribution in [-0.2, 0) is 11.3 Å². The molecule has 8 heteroatoms. The number of rotatable bonds is 7. The molecule has 0 unspecified atom stereocenters. The van der Waals surface area contributed by atoms with Gasteiger partial charge in [-0.05, 0) is 47.8 Å². The fourth-order valence-corrected chi connectivity index (χ4v) is 3.76. The Morgan fingerprint density at radius 1 is 1.43 bits per heavy atom. The van der Waals surface area contributed by atoms with Crippen LogP contribution in [0.1, 0.15) is 31.1 Å². The molecule has 1 saturated heterocycles. The molecule has 0 saturated carbocycles. The van der Waals surface area contributed by atoms with Crippen molar-refractivity contribution in [3.8, 4) is 0 Å². The van der Waals surface area contributed by atoms with Gasteiger partial charge in [0.1, 0.15) is 0 Å². The summed E-state index contributed by atoms with van der Waals surface area (Å²) >= 11 is 5.17. The molecule has 1 aliphatic heterocycles. The highest BCUT2D eigenvalue weighted by molar-refractivity contribution is 14.0. The normalized spacial score (nSPS) is 14.8. The van der Waals surface area contributed by atoms with E-state index in [1.165, 1.54) is 4.88 Å². The second kappa shape index (κ2) is 11.2. The Labute approximate surface area is 167 Å². The van der Waals surface area contributed by atoms with Crippen molar-refractivity contribution in [1.29, 1.82) is 0 Å². The molecule has 0 spiro atoms. The summed E-state index contributed by atoms with van der Waals surface area (Å²) in [4.78, 5) is 19.3. The molecule has 2 heterocycles. The molecule has 0 radical (unpaired) electrons. The fourth-order valence-electron chi connectivity index (χ4n) is 2.35. The second-order valence-corrected chi connectivity index (χ2v) is 7.71. The summed E-state index contributed by atoms with van der Waals surface area (Å²) in [6.45, 7) is 6.15. The van der Waals surface area contributed by atoms with Crippen LogP contribution in [0.15, 0.2) is 20.9 Å². The standard InChI is InChI=1S/C15H23BrN4OS.HI/c1-2-17-15(19-11-12-6-7-13(16)22-12)18-8-4-10-20-9-3-5-14(20)21;/h6-7H,2-5,8-11H2,1H3,(H2,17,18,19);1H. The maximum atomic E-state index is 11.5. The van der Waals surface area contributed by atoms with E-state index >= 15 is 0 Å². The molecule has 1 aromatic heterocycles. The summed E-state index contributed by atoms with van der Waals surface area (Å²) in [5.41, 5.74) is 0. The first-order valence-corrected chi connectivity index (χ1v) is 9.34. The van der Waals surface area contributed by atoms with Crippen LogP contribution in [0.3, 0.4) is 0 Å². The highest BCUT2D eigenvalue weighted by atomic mass is 127. The monoisotopic (exact) mass is 514 g/mol. The van der Waals surface area contributed by atoms with Crippen molar-refractivity contribution in [2.75, 3.05) is 26.2 Å². The minimum atomic E-state index is 0. The van der Waals surface area contributed by atoms with Crippen LogP contribution < -0.4 is 10.6 Å². The summed E-state index contributed by atoms with van der Waals surface area (Å²) in [6.07, 6.45) is 2.67. The number of aliphatic imine (C=N–C) groups is 1. The third-order valence-corrected chi connectivity index (χ3v) is 5.04. The van der Waals surface area contributed by atoms with E-state index in [1.807, 2.05) is 11.0 Å². The molecule has 5 nitrogen and oxygen atoms in total. The summed E-state index contributed by atoms with van der Waals surface area (Å²) in [5.74, 6) is 1.13. The zero-order valence-electron chi connectivity index (χ0n) is 13.3. The van der Waals surface area contributed by atoms with E-state index in [1.54, 1.807) is 11.3 Å². The number of nitrogens with zero attached hydrogens (tertiary/aromatic N) is 2. The number of hydrogen-bond donors (Lipinski definition) is 2. The summed E-state index contributed by atoms with van der Waals surface area (Å²) in [7, 11) is 0. The van der Waals surface area contributed by atoms with E-state index in [0.717, 1.165) is 48.8 Å². The quantitative estimate of drug-likeness (QED) is 0.254. The number of carbonyl (C=O) groups is 1. The first kappa shape index (κ1) is 20.7. The first-order chi connectivity index (χ1) is 10.7. The van der Waals surface area contributed by atoms with E-state index < -0.39 is 0 Å². The number of guanidine groups is 1. The van der Waals surface area contributed by atoms with Crippen molar-refractivity contribution in [3.05, 3.63) is 20.8 Å². The van der Waals surface area contributed by atoms with Crippen molar-refractivity contribution in [2.24, 2.45) is 4.99 Å². The van der Waals surface area contributed by atoms with E-state index in [2.05, 4.69) is 44.5 Å². The van der Waals surface area contributed by atoms with Crippen molar-refractivity contribution >= 4 is 63.1 Å². The van der Waals surface area contributed by atoms with Crippen molar-refractivity contribution < 1.29 is 4.79 Å². The van der Waals surface area contributed by atoms with Crippen molar-refractivity contribution in [3.63, 3.8) is 0 Å². The molecule has 0 aliphatic carbocycles. The third kappa shape index (κ3) is 7.38. The summed E-state index contributed by atoms with van der Waals surface area (Å²) < 4.78 is 1.13. The topological polar surface area (TPSA) is 56.7 Å². The smallest absolute Gasteiger partial charge is 0.222 e. The molecule has 2 N–H and O–H groups in total. The van der Waals surface area contributed by atoms with Gasteiger partial charge in [-0.2, -0.15) is 0 Å². The Morgan fingerprint density at radius 2 is 2.26 bits per heavy atom. The lowest BCUT2D eigenvalue weighted by Crippen LogP contribution is -2.38. The molecule has 1 fully saturated rings. The second-order valence-electron chi connectivity index (χ2n) is 5.17. The van der Waals surface area contributed by atoms with Crippen LogP contribution in [0.25, 0.3) is 0 Å². The molecule has 0 atom stereocenters. The summed E-state index contributed by atoms with van der Waals surface area (Å²) in [6, 6.07) is 4.13. The molecule has 0 aromatic carbocycles. The number of thiophene rings is 1. The highest BCUT2D eigenvalue weighted by Crippen LogP contribution is 2.22. The molecular formula is C15H24BrIN4OS. The molecule has 130 valence electrons. The van der Waals surface area contributed by atoms with Gasteiger partial charge < -0.3 is 15.5 Å². The molecule has 23 heavy (non-hydrogen) atoms. The average Bonchev–Trinajstić information content (AvgIpc) is 3.09. The lowest BCUT2D eigenvalue weighted by Gasteiger charge is -2.16. The van der Waals surface area contributed by atoms with Crippen LogP contribution in [0.2, 0.25) is 0 Å². The maximum absolute atomic E-state index is 11.5. The van der Waals surface area contributed by atoms with Crippen LogP contribution in [-0.4, -0.2) is 42.9 Å². The molecule has 1 aliphatic rings. The Balaban J connectivity index is 0.00000264. The summed E-state index contributed by atoms with van der Waals surface area (Å²) in [5, 5.41) is 6.58. The van der Waals surface area contributed by atoms with Gasteiger partial charge in [-0.25, -0.2) is 4.99 Å². The van der Waals surface area contributed by atoms with Gasteiger partial charge in [0, 0.05) is 37.5 Å². The zero-order chi connectivity index (χ0) is 15.8. The number of nitrogens with one attached hydrogen (secondary N) is 2. The lowest BCUT2D eigenvalue weighted by molar-refractivity contribution is -0.127. The minimum Gasteiger partial charge on any atom is -0.357 e. The van der Waals surface area contributed by atoms with Gasteiger partial charge in [0.2, 0.25) is 5.91 Å². The van der Waals surface area contributed by atoms with Gasteiger partial charge in [-0.15, -0.1) is 35.3 Å². The van der Waals surface area contributed by atoms with Crippen LogP contribution in [0, 0.1) is 0 Å². The van der Waals surface area contributed by atoms with Crippen LogP contribution in [0.4, 0.5) is 0 Å². The zero-order valence-corrected chi connectivity index (χ0v) is 18.0. The predicted octanol–water partition coefficient (Wildman–Crippen LogP) is 3.20. The molecule has 0 bridgehead atoms. The van der Waals surface area contributed by atoms with Gasteiger partial charge in [-0.3, -0.25) is 4.79 Å². The van der Waals surface area contributed by atoms with E-state index in [4.69, 9.17) is 0 Å². The van der Waals surface area contributed by atoms with Gasteiger partial charge in [0.05, 0.1) is 10.3 Å². The van der Waals surface area contributed by atoms with E-state index in [0.29, 0.717) is 18.9 Å². The van der Waals surface area contributed by atoms with E-state index in [9.17, 15) is 4.79 Å². The fraction of sp³-hybridized carbons (Fsp3) is 0.600. The lowest BCUT2D eigenvalue weighted by atomic mass is 10.4. The Hall–Kier alpha value is -0.350. The van der Waals surface area contributed by atoms with Crippen LogP contribution >= 0.6 is 51.2 Å². The largest absolute Gasteiger partial charge is 0.357 e. The highest BCUT2D eigenvalue weighted by Gasteiger charge is 2.18. The number of halogens is 2. The van der Waals surface area contributed by atoms with Gasteiger partial charge in [-0.1, -0.05) is 0 Å². The molecule has 1 amide bonds. The van der Waals surface area contributed by atoms with Crippen LogP contribution in [0.5, 0.6) is 0 Å². The average molecular weight is 515 g/mol. The number of likely N-dealkylation sites (tertiary alicyclic amines) is 1. The Bertz CT molecular complexity index is 523. The Kier molecular flexibility index (Phi) is 10.1. The van der Waals surface area contributed by atoms with Gasteiger partial charge in [0.15, 0.2) is 5.96 Å². The third-order valence-electron chi connectivity index (χ3n) is 3.43. The van der Waals surface area contributed by atoms with Crippen molar-refractivity contribution in [2.45, 2.75) is 32.7 Å². The number of amides is 1. The number of carbonyl (C=O) groups excluding carboxylic acids is 1. The van der Waals surface area contributed by atoms with Gasteiger partial charge >= 0.3 is 0 Å². The predicted molar refractivity (Wildman–Crippen MR) is 111 cm³/mol. The molecule has 1 aromatic rings. The van der Waals surface area contributed by atoms with E-state index in [-0.39, 0.29) is 24.0 Å². The SMILES string of the molecule is CCNC(=NCc1ccc(Br)s1)NCCCN1CCCC1=O.I. The number of hydrogen-bond acceptors (Lipinski definition) is 3. The molecule has 2 rings (SSSR count). The minimum absolute atomic E-state index is 0. The maximum Gasteiger partial charge on any atom is 0.222 e. The van der Waals surface area contributed by atoms with Gasteiger partial charge in [0.25, 0.3) is 0 Å². The Morgan fingerprint density at radius 3 is 2.87 bits per heavy atom. The first-order valence-electron chi connectivity index (χ1n) is 7.73. The molecular weight excluding hydrogens is 491 g/mol. The van der Waals surface area contributed by atoms with Crippen molar-refractivity contribution in [1.82, 2.24) is 15.5 Å².